The Hall–Kier alpha value is -0.860. The molecule has 20 heavy (non-hydrogen) atoms. The lowest BCUT2D eigenvalue weighted by Gasteiger charge is -2.36. The maximum absolute atomic E-state index is 3.60. The summed E-state index contributed by atoms with van der Waals surface area (Å²) in [5.41, 5.74) is 4.25. The van der Waals surface area contributed by atoms with Gasteiger partial charge in [0.05, 0.1) is 0 Å². The van der Waals surface area contributed by atoms with E-state index in [-0.39, 0.29) is 0 Å². The van der Waals surface area contributed by atoms with E-state index in [0.29, 0.717) is 0 Å². The molecule has 0 aliphatic carbocycles. The van der Waals surface area contributed by atoms with Crippen LogP contribution >= 0.6 is 0 Å². The average Bonchev–Trinajstić information content (AvgIpc) is 2.40. The summed E-state index contributed by atoms with van der Waals surface area (Å²) in [4.78, 5) is 2.68. The van der Waals surface area contributed by atoms with E-state index in [1.165, 1.54) is 48.9 Å². The van der Waals surface area contributed by atoms with Gasteiger partial charge >= 0.3 is 0 Å². The largest absolute Gasteiger partial charge is 0.315 e. The molecule has 1 fully saturated rings. The van der Waals surface area contributed by atoms with Crippen LogP contribution in [-0.4, -0.2) is 30.6 Å². The lowest BCUT2D eigenvalue weighted by atomic mass is 10.00. The maximum Gasteiger partial charge on any atom is 0.0237 e. The summed E-state index contributed by atoms with van der Waals surface area (Å²) in [6.07, 6.45) is 5.32. The third kappa shape index (κ3) is 4.60. The molecular weight excluding hydrogens is 244 g/mol. The van der Waals surface area contributed by atoms with Crippen LogP contribution in [0.3, 0.4) is 0 Å². The zero-order chi connectivity index (χ0) is 14.4. The Kier molecular flexibility index (Phi) is 6.06. The molecule has 1 saturated heterocycles. The fourth-order valence-corrected chi connectivity index (χ4v) is 3.34. The van der Waals surface area contributed by atoms with Gasteiger partial charge < -0.3 is 5.32 Å². The van der Waals surface area contributed by atoms with E-state index in [1.54, 1.807) is 0 Å². The normalized spacial score (nSPS) is 20.2. The molecule has 0 bridgehead atoms. The van der Waals surface area contributed by atoms with Crippen LogP contribution in [0.4, 0.5) is 0 Å². The number of benzene rings is 1. The van der Waals surface area contributed by atoms with Crippen molar-refractivity contribution in [2.45, 2.75) is 59.0 Å². The van der Waals surface area contributed by atoms with Gasteiger partial charge in [0.25, 0.3) is 0 Å². The molecular formula is C18H30N2. The van der Waals surface area contributed by atoms with Crippen molar-refractivity contribution in [2.75, 3.05) is 19.6 Å². The highest BCUT2D eigenvalue weighted by Crippen LogP contribution is 2.20. The number of rotatable bonds is 6. The molecule has 0 saturated carbocycles. The van der Waals surface area contributed by atoms with E-state index in [0.717, 1.165) is 25.7 Å². The summed E-state index contributed by atoms with van der Waals surface area (Å²) in [5, 5.41) is 3.60. The van der Waals surface area contributed by atoms with Gasteiger partial charge in [-0.1, -0.05) is 42.7 Å². The number of piperidine rings is 1. The van der Waals surface area contributed by atoms with Crippen molar-refractivity contribution in [1.29, 1.82) is 0 Å². The van der Waals surface area contributed by atoms with Crippen LogP contribution in [0.1, 0.15) is 49.3 Å². The van der Waals surface area contributed by atoms with Gasteiger partial charge in [0, 0.05) is 19.1 Å². The van der Waals surface area contributed by atoms with Gasteiger partial charge in [-0.05, 0) is 51.8 Å². The molecule has 2 rings (SSSR count). The molecule has 1 aliphatic heterocycles. The summed E-state index contributed by atoms with van der Waals surface area (Å²) in [5.74, 6) is 0. The van der Waals surface area contributed by atoms with E-state index < -0.39 is 0 Å². The van der Waals surface area contributed by atoms with Crippen LogP contribution in [0.2, 0.25) is 0 Å². The van der Waals surface area contributed by atoms with E-state index in [1.807, 2.05) is 0 Å². The van der Waals surface area contributed by atoms with Crippen LogP contribution in [0.15, 0.2) is 18.2 Å². The zero-order valence-corrected chi connectivity index (χ0v) is 13.4. The molecule has 1 unspecified atom stereocenters. The number of hydrogen-bond acceptors (Lipinski definition) is 2. The standard InChI is InChI=1S/C18H30N2/c1-4-8-19-13-18-7-5-6-9-20(18)14-17-11-15(2)10-16(3)12-17/h10-12,18-19H,4-9,13-14H2,1-3H3. The summed E-state index contributed by atoms with van der Waals surface area (Å²) >= 11 is 0. The Balaban J connectivity index is 1.96. The predicted octanol–water partition coefficient (Wildman–Crippen LogP) is 3.66. The minimum absolute atomic E-state index is 0.719. The van der Waals surface area contributed by atoms with Crippen molar-refractivity contribution >= 4 is 0 Å². The van der Waals surface area contributed by atoms with Crippen LogP contribution in [0.25, 0.3) is 0 Å². The topological polar surface area (TPSA) is 15.3 Å². The third-order valence-corrected chi connectivity index (χ3v) is 4.22. The molecule has 0 spiro atoms. The average molecular weight is 274 g/mol. The van der Waals surface area contributed by atoms with E-state index in [2.05, 4.69) is 49.2 Å². The maximum atomic E-state index is 3.60. The quantitative estimate of drug-likeness (QED) is 0.796. The van der Waals surface area contributed by atoms with Crippen LogP contribution < -0.4 is 5.32 Å². The fourth-order valence-electron chi connectivity index (χ4n) is 3.34. The fraction of sp³-hybridized carbons (Fsp3) is 0.667. The van der Waals surface area contributed by atoms with Gasteiger partial charge in [-0.2, -0.15) is 0 Å². The summed E-state index contributed by atoms with van der Waals surface area (Å²) < 4.78 is 0. The van der Waals surface area contributed by atoms with Gasteiger partial charge in [-0.15, -0.1) is 0 Å². The Morgan fingerprint density at radius 2 is 1.90 bits per heavy atom. The first-order chi connectivity index (χ1) is 9.69. The molecule has 0 radical (unpaired) electrons. The minimum atomic E-state index is 0.719. The molecule has 112 valence electrons. The molecule has 0 aromatic heterocycles. The second-order valence-corrected chi connectivity index (χ2v) is 6.32. The number of likely N-dealkylation sites (tertiary alicyclic amines) is 1. The first kappa shape index (κ1) is 15.5. The lowest BCUT2D eigenvalue weighted by molar-refractivity contribution is 0.137. The van der Waals surface area contributed by atoms with Crippen molar-refractivity contribution < 1.29 is 0 Å². The third-order valence-electron chi connectivity index (χ3n) is 4.22. The monoisotopic (exact) mass is 274 g/mol. The smallest absolute Gasteiger partial charge is 0.0237 e. The summed E-state index contributed by atoms with van der Waals surface area (Å²) in [6, 6.07) is 7.67. The second kappa shape index (κ2) is 7.80. The number of nitrogens with one attached hydrogen (secondary N) is 1. The molecule has 1 N–H and O–H groups in total. The van der Waals surface area contributed by atoms with Gasteiger partial charge in [0.1, 0.15) is 0 Å². The molecule has 2 nitrogen and oxygen atoms in total. The number of aryl methyl sites for hydroxylation is 2. The second-order valence-electron chi connectivity index (χ2n) is 6.32. The molecule has 1 aromatic rings. The van der Waals surface area contributed by atoms with Crippen LogP contribution in [0, 0.1) is 13.8 Å². The highest BCUT2D eigenvalue weighted by atomic mass is 15.2. The highest BCUT2D eigenvalue weighted by molar-refractivity contribution is 5.28. The van der Waals surface area contributed by atoms with Crippen molar-refractivity contribution in [3.05, 3.63) is 34.9 Å². The van der Waals surface area contributed by atoms with Crippen LogP contribution in [-0.2, 0) is 6.54 Å². The summed E-state index contributed by atoms with van der Waals surface area (Å²) in [6.45, 7) is 11.3. The van der Waals surface area contributed by atoms with Gasteiger partial charge in [0.15, 0.2) is 0 Å². The molecule has 1 atom stereocenters. The van der Waals surface area contributed by atoms with Crippen molar-refractivity contribution in [1.82, 2.24) is 10.2 Å². The van der Waals surface area contributed by atoms with Crippen molar-refractivity contribution in [3.63, 3.8) is 0 Å². The van der Waals surface area contributed by atoms with E-state index in [9.17, 15) is 0 Å². The molecule has 2 heteroatoms. The van der Waals surface area contributed by atoms with E-state index in [4.69, 9.17) is 0 Å². The minimum Gasteiger partial charge on any atom is -0.315 e. The Bertz CT molecular complexity index is 394. The number of hydrogen-bond donors (Lipinski definition) is 1. The zero-order valence-electron chi connectivity index (χ0n) is 13.4. The highest BCUT2D eigenvalue weighted by Gasteiger charge is 2.21. The van der Waals surface area contributed by atoms with Gasteiger partial charge in [-0.25, -0.2) is 0 Å². The first-order valence-electron chi connectivity index (χ1n) is 8.21. The molecule has 0 amide bonds. The van der Waals surface area contributed by atoms with Crippen molar-refractivity contribution in [3.8, 4) is 0 Å². The summed E-state index contributed by atoms with van der Waals surface area (Å²) in [7, 11) is 0. The van der Waals surface area contributed by atoms with E-state index >= 15 is 0 Å². The predicted molar refractivity (Wildman–Crippen MR) is 87.1 cm³/mol. The molecule has 1 heterocycles. The Labute approximate surface area is 124 Å². The van der Waals surface area contributed by atoms with Crippen molar-refractivity contribution in [2.24, 2.45) is 0 Å². The number of nitrogens with zero attached hydrogens (tertiary/aromatic N) is 1. The first-order valence-corrected chi connectivity index (χ1v) is 8.21. The Morgan fingerprint density at radius 1 is 1.15 bits per heavy atom. The van der Waals surface area contributed by atoms with Gasteiger partial charge in [-0.3, -0.25) is 4.90 Å². The molecule has 1 aromatic carbocycles. The lowest BCUT2D eigenvalue weighted by Crippen LogP contribution is -2.45. The SMILES string of the molecule is CCCNCC1CCCCN1Cc1cc(C)cc(C)c1. The Morgan fingerprint density at radius 3 is 2.60 bits per heavy atom. The van der Waals surface area contributed by atoms with Gasteiger partial charge in [0.2, 0.25) is 0 Å². The van der Waals surface area contributed by atoms with Crippen LogP contribution in [0.5, 0.6) is 0 Å². The molecule has 1 aliphatic rings.